The van der Waals surface area contributed by atoms with E-state index >= 15 is 0 Å². The van der Waals surface area contributed by atoms with Gasteiger partial charge in [0.25, 0.3) is 0 Å². The Kier molecular flexibility index (Phi) is 4.35. The van der Waals surface area contributed by atoms with Crippen LogP contribution in [0, 0.1) is 6.92 Å². The minimum Gasteiger partial charge on any atom is -0.504 e. The lowest BCUT2D eigenvalue weighted by Crippen LogP contribution is -2.17. The third-order valence-electron chi connectivity index (χ3n) is 2.67. The zero-order chi connectivity index (χ0) is 13.7. The van der Waals surface area contributed by atoms with Crippen LogP contribution in [0.3, 0.4) is 0 Å². The molecular weight excluding hydrogens is 246 g/mol. The van der Waals surface area contributed by atoms with Crippen molar-refractivity contribution in [2.45, 2.75) is 19.9 Å². The lowest BCUT2D eigenvalue weighted by molar-refractivity contribution is 0.372. The van der Waals surface area contributed by atoms with Crippen molar-refractivity contribution in [1.82, 2.24) is 15.5 Å². The van der Waals surface area contributed by atoms with Crippen LogP contribution in [0.5, 0.6) is 11.5 Å². The Morgan fingerprint density at radius 1 is 1.42 bits per heavy atom. The van der Waals surface area contributed by atoms with E-state index in [2.05, 4.69) is 15.5 Å². The van der Waals surface area contributed by atoms with Gasteiger partial charge in [-0.3, -0.25) is 0 Å². The van der Waals surface area contributed by atoms with Gasteiger partial charge in [0, 0.05) is 26.4 Å². The molecular formula is C13H17N3O3. The zero-order valence-electron chi connectivity index (χ0n) is 11.0. The quantitative estimate of drug-likeness (QED) is 0.767. The van der Waals surface area contributed by atoms with Gasteiger partial charge in [-0.2, -0.15) is 4.98 Å². The Morgan fingerprint density at radius 2 is 2.26 bits per heavy atom. The minimum atomic E-state index is 0.147. The average Bonchev–Trinajstić information content (AvgIpc) is 2.82. The molecule has 6 nitrogen and oxygen atoms in total. The van der Waals surface area contributed by atoms with Gasteiger partial charge in [-0.15, -0.1) is 0 Å². The molecule has 102 valence electrons. The Labute approximate surface area is 111 Å². The van der Waals surface area contributed by atoms with E-state index in [0.29, 0.717) is 30.4 Å². The van der Waals surface area contributed by atoms with E-state index in [9.17, 15) is 5.11 Å². The second-order valence-corrected chi connectivity index (χ2v) is 4.16. The number of nitrogens with zero attached hydrogens (tertiary/aromatic N) is 2. The second kappa shape index (κ2) is 6.19. The highest BCUT2D eigenvalue weighted by Gasteiger charge is 2.04. The van der Waals surface area contributed by atoms with Crippen molar-refractivity contribution in [2.75, 3.05) is 13.7 Å². The smallest absolute Gasteiger partial charge is 0.223 e. The van der Waals surface area contributed by atoms with E-state index in [-0.39, 0.29) is 5.75 Å². The molecule has 0 atom stereocenters. The summed E-state index contributed by atoms with van der Waals surface area (Å²) in [6.45, 7) is 3.21. The molecule has 0 saturated heterocycles. The molecule has 0 aliphatic carbocycles. The van der Waals surface area contributed by atoms with Crippen molar-refractivity contribution < 1.29 is 14.4 Å². The average molecular weight is 263 g/mol. The molecule has 1 aromatic heterocycles. The highest BCUT2D eigenvalue weighted by molar-refractivity contribution is 5.41. The minimum absolute atomic E-state index is 0.147. The molecule has 0 bridgehead atoms. The fourth-order valence-corrected chi connectivity index (χ4v) is 1.71. The van der Waals surface area contributed by atoms with E-state index in [4.69, 9.17) is 9.26 Å². The van der Waals surface area contributed by atoms with Gasteiger partial charge in [-0.1, -0.05) is 11.2 Å². The number of aromatic hydroxyl groups is 1. The van der Waals surface area contributed by atoms with Gasteiger partial charge >= 0.3 is 0 Å². The molecule has 0 aliphatic rings. The molecule has 2 rings (SSSR count). The summed E-state index contributed by atoms with van der Waals surface area (Å²) in [5.41, 5.74) is 1.04. The molecule has 0 unspecified atom stereocenters. The summed E-state index contributed by atoms with van der Waals surface area (Å²) < 4.78 is 9.94. The summed E-state index contributed by atoms with van der Waals surface area (Å²) in [7, 11) is 1.53. The third-order valence-corrected chi connectivity index (χ3v) is 2.67. The van der Waals surface area contributed by atoms with Crippen LogP contribution >= 0.6 is 0 Å². The van der Waals surface area contributed by atoms with Crippen LogP contribution in [-0.2, 0) is 13.0 Å². The largest absolute Gasteiger partial charge is 0.504 e. The Balaban J connectivity index is 1.79. The molecule has 0 aliphatic heterocycles. The fraction of sp³-hybridized carbons (Fsp3) is 0.385. The monoisotopic (exact) mass is 263 g/mol. The van der Waals surface area contributed by atoms with Crippen LogP contribution in [0.4, 0.5) is 0 Å². The molecule has 6 heteroatoms. The van der Waals surface area contributed by atoms with Gasteiger partial charge < -0.3 is 19.7 Å². The Hall–Kier alpha value is -2.08. The number of nitrogens with one attached hydrogen (secondary N) is 1. The first kappa shape index (κ1) is 13.4. The lowest BCUT2D eigenvalue weighted by atomic mass is 10.2. The van der Waals surface area contributed by atoms with Gasteiger partial charge in [0.05, 0.1) is 7.11 Å². The molecule has 2 aromatic rings. The van der Waals surface area contributed by atoms with Crippen molar-refractivity contribution in [3.8, 4) is 11.5 Å². The number of benzene rings is 1. The van der Waals surface area contributed by atoms with Gasteiger partial charge in [0.1, 0.15) is 0 Å². The number of rotatable bonds is 6. The summed E-state index contributed by atoms with van der Waals surface area (Å²) in [6.07, 6.45) is 0.715. The first-order chi connectivity index (χ1) is 9.19. The van der Waals surface area contributed by atoms with Gasteiger partial charge in [0.15, 0.2) is 17.3 Å². The number of phenols is 1. The van der Waals surface area contributed by atoms with Crippen LogP contribution < -0.4 is 10.1 Å². The topological polar surface area (TPSA) is 80.4 Å². The van der Waals surface area contributed by atoms with Gasteiger partial charge in [-0.25, -0.2) is 0 Å². The molecule has 19 heavy (non-hydrogen) atoms. The van der Waals surface area contributed by atoms with Crippen molar-refractivity contribution in [2.24, 2.45) is 0 Å². The number of hydrogen-bond donors (Lipinski definition) is 2. The number of methoxy groups -OCH3 is 1. The van der Waals surface area contributed by atoms with E-state index in [1.807, 2.05) is 6.07 Å². The van der Waals surface area contributed by atoms with Gasteiger partial charge in [0.2, 0.25) is 5.89 Å². The van der Waals surface area contributed by atoms with E-state index in [1.165, 1.54) is 7.11 Å². The number of aryl methyl sites for hydroxylation is 1. The summed E-state index contributed by atoms with van der Waals surface area (Å²) in [5, 5.41) is 16.6. The molecule has 2 N–H and O–H groups in total. The maximum atomic E-state index is 9.49. The van der Waals surface area contributed by atoms with Crippen molar-refractivity contribution in [1.29, 1.82) is 0 Å². The first-order valence-electron chi connectivity index (χ1n) is 6.05. The predicted octanol–water partition coefficient (Wildman–Crippen LogP) is 1.42. The van der Waals surface area contributed by atoms with Crippen LogP contribution in [0.25, 0.3) is 0 Å². The number of phenolic OH excluding ortho intramolecular Hbond substituents is 1. The van der Waals surface area contributed by atoms with Crippen molar-refractivity contribution >= 4 is 0 Å². The standard InChI is InChI=1S/C13H17N3O3/c1-9-15-13(16-19-9)5-6-14-8-10-3-4-11(17)12(7-10)18-2/h3-4,7,14,17H,5-6,8H2,1-2H3. The predicted molar refractivity (Wildman–Crippen MR) is 69.1 cm³/mol. The normalized spacial score (nSPS) is 10.6. The molecule has 0 amide bonds. The SMILES string of the molecule is COc1cc(CNCCc2noc(C)n2)ccc1O. The Bertz CT molecular complexity index is 540. The Morgan fingerprint density at radius 3 is 2.95 bits per heavy atom. The molecule has 0 spiro atoms. The molecule has 0 fully saturated rings. The summed E-state index contributed by atoms with van der Waals surface area (Å²) in [6, 6.07) is 5.28. The van der Waals surface area contributed by atoms with Crippen LogP contribution in [0.15, 0.2) is 22.7 Å². The van der Waals surface area contributed by atoms with E-state index < -0.39 is 0 Å². The third kappa shape index (κ3) is 3.69. The van der Waals surface area contributed by atoms with Crippen molar-refractivity contribution in [3.05, 3.63) is 35.5 Å². The molecule has 1 aromatic carbocycles. The lowest BCUT2D eigenvalue weighted by Gasteiger charge is -2.07. The van der Waals surface area contributed by atoms with E-state index in [0.717, 1.165) is 12.1 Å². The first-order valence-corrected chi connectivity index (χ1v) is 6.05. The van der Waals surface area contributed by atoms with Crippen molar-refractivity contribution in [3.63, 3.8) is 0 Å². The maximum absolute atomic E-state index is 9.49. The van der Waals surface area contributed by atoms with Crippen LogP contribution in [0.1, 0.15) is 17.3 Å². The number of hydrogen-bond acceptors (Lipinski definition) is 6. The van der Waals surface area contributed by atoms with E-state index in [1.54, 1.807) is 19.1 Å². The number of aromatic nitrogens is 2. The fourth-order valence-electron chi connectivity index (χ4n) is 1.71. The number of ether oxygens (including phenoxy) is 1. The summed E-state index contributed by atoms with van der Waals surface area (Å²) in [4.78, 5) is 4.12. The van der Waals surface area contributed by atoms with Crippen LogP contribution in [0.2, 0.25) is 0 Å². The highest BCUT2D eigenvalue weighted by Crippen LogP contribution is 2.25. The molecule has 1 heterocycles. The second-order valence-electron chi connectivity index (χ2n) is 4.16. The zero-order valence-corrected chi connectivity index (χ0v) is 11.0. The maximum Gasteiger partial charge on any atom is 0.223 e. The van der Waals surface area contributed by atoms with Gasteiger partial charge in [-0.05, 0) is 17.7 Å². The summed E-state index contributed by atoms with van der Waals surface area (Å²) >= 11 is 0. The van der Waals surface area contributed by atoms with Crippen LogP contribution in [-0.4, -0.2) is 28.9 Å². The molecule has 0 saturated carbocycles. The highest BCUT2D eigenvalue weighted by atomic mass is 16.5. The summed E-state index contributed by atoms with van der Waals surface area (Å²) in [5.74, 6) is 1.91. The molecule has 0 radical (unpaired) electrons.